The molecule has 2 aliphatic heterocycles. The number of piperazine rings is 1. The standard InChI is InChI=1S/C26H28N10O6S/c37-11-14-20(39)21(40)24(42-14)36-7-5-16(31-26(36)41)30-22-19-23(33-25(32-22)34-8-6-27-17(38)9-34)35(12-28-19)10-18-29-13-3-1-2-4-15(13)43-18/h1-5,7,12,14,17,20-21,24,27,37-40H,6,8-11H2,(H,30,31,32,33,41)/t14-,17?,20-,21-,24?/m1/s1. The van der Waals surface area contributed by atoms with Crippen LogP contribution in [0.1, 0.15) is 11.2 Å². The number of imidazole rings is 1. The lowest BCUT2D eigenvalue weighted by Crippen LogP contribution is -2.51. The highest BCUT2D eigenvalue weighted by Crippen LogP contribution is 2.30. The van der Waals surface area contributed by atoms with E-state index >= 15 is 0 Å². The predicted molar refractivity (Wildman–Crippen MR) is 155 cm³/mol. The number of aromatic nitrogens is 7. The molecule has 5 aromatic rings. The number of para-hydroxylation sites is 1. The first kappa shape index (κ1) is 27.7. The molecule has 0 spiro atoms. The second-order valence-corrected chi connectivity index (χ2v) is 11.4. The number of nitrogens with one attached hydrogen (secondary N) is 2. The van der Waals surface area contributed by atoms with Crippen molar-refractivity contribution in [3.63, 3.8) is 0 Å². The monoisotopic (exact) mass is 608 g/mol. The molecule has 2 aliphatic rings. The molecule has 6 N–H and O–H groups in total. The van der Waals surface area contributed by atoms with E-state index in [0.29, 0.717) is 42.6 Å². The highest BCUT2D eigenvalue weighted by molar-refractivity contribution is 7.18. The number of β-amino-alcohol motifs (C(OH)–C–C–N with tert-alkyl or cyclic N) is 1. The van der Waals surface area contributed by atoms with Crippen LogP contribution in [0.4, 0.5) is 17.6 Å². The summed E-state index contributed by atoms with van der Waals surface area (Å²) in [7, 11) is 0. The molecule has 2 fully saturated rings. The summed E-state index contributed by atoms with van der Waals surface area (Å²) in [6.45, 7) is 1.28. The van der Waals surface area contributed by atoms with Gasteiger partial charge in [-0.15, -0.1) is 11.3 Å². The first-order valence-corrected chi connectivity index (χ1v) is 14.4. The van der Waals surface area contributed by atoms with Crippen LogP contribution in [-0.2, 0) is 11.3 Å². The van der Waals surface area contributed by atoms with E-state index in [1.165, 1.54) is 12.3 Å². The van der Waals surface area contributed by atoms with Gasteiger partial charge >= 0.3 is 5.69 Å². The quantitative estimate of drug-likeness (QED) is 0.133. The van der Waals surface area contributed by atoms with E-state index in [1.807, 2.05) is 33.7 Å². The van der Waals surface area contributed by atoms with Gasteiger partial charge in [-0.25, -0.2) is 14.8 Å². The normalized spacial score (nSPS) is 24.3. The molecule has 17 heteroatoms. The Morgan fingerprint density at radius 1 is 1.09 bits per heavy atom. The topological polar surface area (TPSA) is 209 Å². The maximum absolute atomic E-state index is 12.9. The van der Waals surface area contributed by atoms with Crippen molar-refractivity contribution >= 4 is 50.3 Å². The second kappa shape index (κ2) is 11.2. The summed E-state index contributed by atoms with van der Waals surface area (Å²) < 4.78 is 9.46. The minimum absolute atomic E-state index is 0.153. The summed E-state index contributed by atoms with van der Waals surface area (Å²) >= 11 is 1.58. The summed E-state index contributed by atoms with van der Waals surface area (Å²) in [4.78, 5) is 37.6. The van der Waals surface area contributed by atoms with Crippen molar-refractivity contribution in [2.45, 2.75) is 37.3 Å². The number of hydrogen-bond acceptors (Lipinski definition) is 15. The first-order chi connectivity index (χ1) is 20.9. The van der Waals surface area contributed by atoms with Gasteiger partial charge in [-0.3, -0.25) is 9.88 Å². The van der Waals surface area contributed by atoms with Gasteiger partial charge in [0.25, 0.3) is 0 Å². The molecule has 16 nitrogen and oxygen atoms in total. The third-order valence-electron chi connectivity index (χ3n) is 7.40. The van der Waals surface area contributed by atoms with Crippen molar-refractivity contribution in [3.05, 3.63) is 58.3 Å². The van der Waals surface area contributed by atoms with E-state index in [4.69, 9.17) is 14.7 Å². The SMILES string of the molecule is O=c1nc(Nc2nc(N3CCNC(O)C3)nc3c2ncn3Cc2nc3ccccc3s2)ccn1C1O[C@H](CO)[C@@H](O)[C@H]1O. The number of rotatable bonds is 7. The first-order valence-electron chi connectivity index (χ1n) is 13.6. The molecule has 0 amide bonds. The number of aliphatic hydroxyl groups is 4. The number of benzene rings is 1. The number of fused-ring (bicyclic) bond motifs is 2. The molecule has 2 saturated heterocycles. The number of aliphatic hydroxyl groups excluding tert-OH is 4. The van der Waals surface area contributed by atoms with Crippen LogP contribution in [0.3, 0.4) is 0 Å². The lowest BCUT2D eigenvalue weighted by atomic mass is 10.1. The van der Waals surface area contributed by atoms with Gasteiger partial charge in [0.1, 0.15) is 35.4 Å². The minimum Gasteiger partial charge on any atom is -0.394 e. The molecule has 0 bridgehead atoms. The van der Waals surface area contributed by atoms with Crippen LogP contribution in [0.15, 0.2) is 47.7 Å². The van der Waals surface area contributed by atoms with Gasteiger partial charge in [-0.2, -0.15) is 15.0 Å². The highest BCUT2D eigenvalue weighted by Gasteiger charge is 2.43. The van der Waals surface area contributed by atoms with Crippen molar-refractivity contribution in [1.29, 1.82) is 0 Å². The van der Waals surface area contributed by atoms with Crippen LogP contribution in [0.2, 0.25) is 0 Å². The summed E-state index contributed by atoms with van der Waals surface area (Å²) in [6, 6.07) is 9.40. The Hall–Kier alpha value is -4.10. The Labute approximate surface area is 246 Å². The zero-order chi connectivity index (χ0) is 29.7. The second-order valence-electron chi connectivity index (χ2n) is 10.3. The van der Waals surface area contributed by atoms with Gasteiger partial charge < -0.3 is 39.9 Å². The summed E-state index contributed by atoms with van der Waals surface area (Å²) in [5, 5.41) is 46.9. The lowest BCUT2D eigenvalue weighted by molar-refractivity contribution is -0.0549. The molecule has 224 valence electrons. The molecule has 2 unspecified atom stereocenters. The van der Waals surface area contributed by atoms with Crippen molar-refractivity contribution in [1.82, 2.24) is 39.4 Å². The molecular weight excluding hydrogens is 580 g/mol. The molecule has 4 aromatic heterocycles. The number of nitrogens with zero attached hydrogens (tertiary/aromatic N) is 8. The maximum atomic E-state index is 12.9. The van der Waals surface area contributed by atoms with Crippen molar-refractivity contribution in [2.75, 3.05) is 36.5 Å². The molecule has 43 heavy (non-hydrogen) atoms. The highest BCUT2D eigenvalue weighted by atomic mass is 32.1. The predicted octanol–water partition coefficient (Wildman–Crippen LogP) is -0.876. The van der Waals surface area contributed by atoms with Gasteiger partial charge in [-0.1, -0.05) is 12.1 Å². The average molecular weight is 609 g/mol. The molecule has 1 aromatic carbocycles. The van der Waals surface area contributed by atoms with E-state index in [2.05, 4.69) is 25.6 Å². The van der Waals surface area contributed by atoms with E-state index in [0.717, 1.165) is 19.8 Å². The molecule has 0 saturated carbocycles. The fourth-order valence-corrected chi connectivity index (χ4v) is 6.20. The average Bonchev–Trinajstić information content (AvgIpc) is 3.69. The number of hydrogen-bond donors (Lipinski definition) is 6. The van der Waals surface area contributed by atoms with Gasteiger partial charge in [0, 0.05) is 19.3 Å². The van der Waals surface area contributed by atoms with Crippen LogP contribution in [-0.4, -0.2) is 105 Å². The smallest absolute Gasteiger partial charge is 0.351 e. The molecule has 0 aliphatic carbocycles. The van der Waals surface area contributed by atoms with Crippen molar-refractivity contribution < 1.29 is 25.2 Å². The Balaban J connectivity index is 1.23. The van der Waals surface area contributed by atoms with Crippen LogP contribution >= 0.6 is 11.3 Å². The van der Waals surface area contributed by atoms with E-state index in [9.17, 15) is 25.2 Å². The van der Waals surface area contributed by atoms with E-state index < -0.39 is 43.1 Å². The largest absolute Gasteiger partial charge is 0.394 e. The molecular formula is C26H28N10O6S. The number of ether oxygens (including phenoxy) is 1. The van der Waals surface area contributed by atoms with E-state index in [-0.39, 0.29) is 12.4 Å². The summed E-state index contributed by atoms with van der Waals surface area (Å²) in [5.41, 5.74) is 1.13. The van der Waals surface area contributed by atoms with Gasteiger partial charge in [0.15, 0.2) is 23.2 Å². The Morgan fingerprint density at radius 3 is 2.72 bits per heavy atom. The Kier molecular flexibility index (Phi) is 7.21. The fourth-order valence-electron chi connectivity index (χ4n) is 5.23. The number of anilines is 3. The fraction of sp³-hybridized carbons (Fsp3) is 0.385. The number of thiazole rings is 1. The van der Waals surface area contributed by atoms with Crippen LogP contribution in [0.5, 0.6) is 0 Å². The van der Waals surface area contributed by atoms with Crippen LogP contribution in [0.25, 0.3) is 21.4 Å². The Bertz CT molecular complexity index is 1810. The van der Waals surface area contributed by atoms with Crippen LogP contribution < -0.4 is 21.2 Å². The minimum atomic E-state index is -1.42. The van der Waals surface area contributed by atoms with E-state index in [1.54, 1.807) is 17.7 Å². The molecule has 5 atom stereocenters. The van der Waals surface area contributed by atoms with Crippen molar-refractivity contribution in [3.8, 4) is 0 Å². The third-order valence-corrected chi connectivity index (χ3v) is 8.42. The molecule has 6 heterocycles. The van der Waals surface area contributed by atoms with Gasteiger partial charge in [-0.05, 0) is 18.2 Å². The maximum Gasteiger partial charge on any atom is 0.351 e. The lowest BCUT2D eigenvalue weighted by Gasteiger charge is -2.31. The van der Waals surface area contributed by atoms with Gasteiger partial charge in [0.2, 0.25) is 5.95 Å². The van der Waals surface area contributed by atoms with Crippen LogP contribution in [0, 0.1) is 0 Å². The summed E-state index contributed by atoms with van der Waals surface area (Å²) in [5.74, 6) is 0.815. The zero-order valence-electron chi connectivity index (χ0n) is 22.6. The molecule has 0 radical (unpaired) electrons. The van der Waals surface area contributed by atoms with Gasteiger partial charge in [0.05, 0.1) is 36.2 Å². The van der Waals surface area contributed by atoms with Crippen molar-refractivity contribution in [2.24, 2.45) is 0 Å². The molecule has 7 rings (SSSR count). The third kappa shape index (κ3) is 5.20. The zero-order valence-corrected chi connectivity index (χ0v) is 23.4. The summed E-state index contributed by atoms with van der Waals surface area (Å²) in [6.07, 6.45) is -2.74. The Morgan fingerprint density at radius 2 is 1.95 bits per heavy atom.